The van der Waals surface area contributed by atoms with Crippen LogP contribution in [-0.4, -0.2) is 83.2 Å². The molecule has 12 nitrogen and oxygen atoms in total. The minimum Gasteiger partial charge on any atom is -0.477 e. The first-order valence-corrected chi connectivity index (χ1v) is 14.0. The SMILES string of the molecule is CC(=O)O[C@@H](C)C(=O)OC(C)C(=O)OC1=CC[C@@]2(O)[C@H]3Cc4ccc(OC(=O)OC(C)(C)C)c5c4[C@@]2(CCN3C)[C@H]1O5. The summed E-state index contributed by atoms with van der Waals surface area (Å²) in [6.45, 7) is 9.66. The van der Waals surface area contributed by atoms with Gasteiger partial charge in [0.05, 0.1) is 11.0 Å². The van der Waals surface area contributed by atoms with Gasteiger partial charge in [0.25, 0.3) is 0 Å². The number of aliphatic hydroxyl groups is 1. The van der Waals surface area contributed by atoms with Crippen LogP contribution in [0.25, 0.3) is 0 Å². The van der Waals surface area contributed by atoms with Gasteiger partial charge in [-0.3, -0.25) is 4.79 Å². The molecule has 1 aromatic rings. The van der Waals surface area contributed by atoms with Crippen molar-refractivity contribution in [3.05, 3.63) is 35.1 Å². The van der Waals surface area contributed by atoms with E-state index in [-0.39, 0.29) is 24.0 Å². The van der Waals surface area contributed by atoms with E-state index in [1.54, 1.807) is 32.9 Å². The minimum atomic E-state index is -1.32. The standard InChI is InChI=1S/C30H37NO11/c1-15(37-17(3)32)25(33)38-16(2)26(34)39-20-10-11-30(36)21-14-18-8-9-19(40-27(35)42-28(4,5)6)23-22(18)29(30,24(20)41-23)12-13-31(21)7/h8-10,15-16,21,24,36H,11-14H2,1-7H3/t15-,16?,21+,24-,29-,30+/m0/s1. The van der Waals surface area contributed by atoms with Crippen molar-refractivity contribution in [2.24, 2.45) is 0 Å². The number of esters is 3. The first-order valence-electron chi connectivity index (χ1n) is 14.0. The fraction of sp³-hybridized carbons (Fsp3) is 0.600. The van der Waals surface area contributed by atoms with Gasteiger partial charge in [0.15, 0.2) is 29.8 Å². The fourth-order valence-corrected chi connectivity index (χ4v) is 6.68. The molecule has 0 aromatic heterocycles. The van der Waals surface area contributed by atoms with Crippen LogP contribution in [-0.2, 0) is 45.2 Å². The molecule has 1 N–H and O–H groups in total. The Morgan fingerprint density at radius 3 is 2.43 bits per heavy atom. The van der Waals surface area contributed by atoms with E-state index < -0.39 is 59.0 Å². The van der Waals surface area contributed by atoms with Crippen LogP contribution in [0.1, 0.15) is 65.5 Å². The molecule has 42 heavy (non-hydrogen) atoms. The van der Waals surface area contributed by atoms with Crippen LogP contribution in [0.2, 0.25) is 0 Å². The highest BCUT2D eigenvalue weighted by Gasteiger charge is 2.72. The number of hydrogen-bond acceptors (Lipinski definition) is 12. The van der Waals surface area contributed by atoms with Gasteiger partial charge in [0, 0.05) is 24.9 Å². The van der Waals surface area contributed by atoms with E-state index in [1.165, 1.54) is 13.8 Å². The average molecular weight is 588 g/mol. The van der Waals surface area contributed by atoms with Crippen molar-refractivity contribution in [1.82, 2.24) is 4.90 Å². The second kappa shape index (κ2) is 10.3. The maximum Gasteiger partial charge on any atom is 0.514 e. The largest absolute Gasteiger partial charge is 0.514 e. The summed E-state index contributed by atoms with van der Waals surface area (Å²) >= 11 is 0. The molecule has 228 valence electrons. The number of carbonyl (C=O) groups excluding carboxylic acids is 4. The van der Waals surface area contributed by atoms with Gasteiger partial charge in [-0.05, 0) is 78.8 Å². The predicted molar refractivity (Wildman–Crippen MR) is 145 cm³/mol. The summed E-state index contributed by atoms with van der Waals surface area (Å²) in [5.74, 6) is -1.83. The van der Waals surface area contributed by atoms with Crippen LogP contribution in [0, 0.1) is 0 Å². The smallest absolute Gasteiger partial charge is 0.477 e. The second-order valence-electron chi connectivity index (χ2n) is 12.4. The third-order valence-electron chi connectivity index (χ3n) is 8.44. The van der Waals surface area contributed by atoms with Crippen molar-refractivity contribution in [1.29, 1.82) is 0 Å². The lowest BCUT2D eigenvalue weighted by Gasteiger charge is -2.61. The first kappa shape index (κ1) is 29.8. The number of nitrogens with zero attached hydrogens (tertiary/aromatic N) is 1. The molecule has 2 heterocycles. The maximum atomic E-state index is 13.1. The van der Waals surface area contributed by atoms with E-state index >= 15 is 0 Å². The monoisotopic (exact) mass is 587 g/mol. The quantitative estimate of drug-likeness (QED) is 0.296. The molecule has 1 saturated heterocycles. The highest BCUT2D eigenvalue weighted by molar-refractivity contribution is 5.83. The van der Waals surface area contributed by atoms with Gasteiger partial charge in [0.2, 0.25) is 0 Å². The number of hydrogen-bond donors (Lipinski definition) is 1. The summed E-state index contributed by atoms with van der Waals surface area (Å²) in [5.41, 5.74) is -1.35. The molecule has 1 unspecified atom stereocenters. The number of likely N-dealkylation sites (N-methyl/N-ethyl adjacent to an activating group) is 1. The van der Waals surface area contributed by atoms with Gasteiger partial charge in [-0.1, -0.05) is 6.07 Å². The molecule has 2 bridgehead atoms. The molecule has 0 radical (unpaired) electrons. The van der Waals surface area contributed by atoms with Crippen LogP contribution in [0.5, 0.6) is 11.5 Å². The van der Waals surface area contributed by atoms with Crippen molar-refractivity contribution in [3.63, 3.8) is 0 Å². The highest BCUT2D eigenvalue weighted by atomic mass is 16.7. The third kappa shape index (κ3) is 4.80. The Morgan fingerprint density at radius 2 is 1.76 bits per heavy atom. The van der Waals surface area contributed by atoms with Crippen LogP contribution in [0.3, 0.4) is 0 Å². The van der Waals surface area contributed by atoms with Gasteiger partial charge >= 0.3 is 24.1 Å². The zero-order valence-corrected chi connectivity index (χ0v) is 24.8. The molecular formula is C30H37NO11. The van der Waals surface area contributed by atoms with Crippen molar-refractivity contribution in [3.8, 4) is 11.5 Å². The van der Waals surface area contributed by atoms with E-state index in [1.807, 2.05) is 13.1 Å². The Morgan fingerprint density at radius 1 is 1.07 bits per heavy atom. The third-order valence-corrected chi connectivity index (χ3v) is 8.44. The molecule has 0 saturated carbocycles. The van der Waals surface area contributed by atoms with Crippen LogP contribution < -0.4 is 9.47 Å². The summed E-state index contributed by atoms with van der Waals surface area (Å²) in [7, 11) is 1.97. The molecule has 1 spiro atoms. The number of carbonyl (C=O) groups is 4. The Bertz CT molecular complexity index is 1360. The average Bonchev–Trinajstić information content (AvgIpc) is 3.23. The Balaban J connectivity index is 1.46. The summed E-state index contributed by atoms with van der Waals surface area (Å²) in [6, 6.07) is 3.28. The van der Waals surface area contributed by atoms with E-state index in [9.17, 15) is 24.3 Å². The number of rotatable bonds is 6. The van der Waals surface area contributed by atoms with E-state index in [0.717, 1.165) is 18.1 Å². The van der Waals surface area contributed by atoms with Gasteiger partial charge in [0.1, 0.15) is 11.4 Å². The van der Waals surface area contributed by atoms with Crippen molar-refractivity contribution in [2.45, 2.75) is 102 Å². The summed E-state index contributed by atoms with van der Waals surface area (Å²) in [6.07, 6.45) is -1.50. The molecule has 4 aliphatic rings. The zero-order chi connectivity index (χ0) is 30.8. The maximum absolute atomic E-state index is 13.1. The molecular weight excluding hydrogens is 550 g/mol. The van der Waals surface area contributed by atoms with Crippen molar-refractivity contribution < 1.29 is 52.7 Å². The molecule has 0 amide bonds. The Hall–Kier alpha value is -3.64. The summed E-state index contributed by atoms with van der Waals surface area (Å²) < 4.78 is 33.2. The summed E-state index contributed by atoms with van der Waals surface area (Å²) in [4.78, 5) is 51.3. The molecule has 12 heteroatoms. The van der Waals surface area contributed by atoms with Crippen LogP contribution >= 0.6 is 0 Å². The van der Waals surface area contributed by atoms with Crippen LogP contribution in [0.15, 0.2) is 24.0 Å². The van der Waals surface area contributed by atoms with Crippen molar-refractivity contribution in [2.75, 3.05) is 13.6 Å². The van der Waals surface area contributed by atoms with Gasteiger partial charge < -0.3 is 38.4 Å². The number of piperidine rings is 1. The molecule has 5 rings (SSSR count). The van der Waals surface area contributed by atoms with Gasteiger partial charge in [-0.2, -0.15) is 0 Å². The molecule has 1 aromatic carbocycles. The van der Waals surface area contributed by atoms with E-state index in [0.29, 0.717) is 25.1 Å². The van der Waals surface area contributed by atoms with Gasteiger partial charge in [-0.25, -0.2) is 14.4 Å². The highest BCUT2D eigenvalue weighted by Crippen LogP contribution is 2.65. The lowest BCUT2D eigenvalue weighted by Crippen LogP contribution is -2.74. The fourth-order valence-electron chi connectivity index (χ4n) is 6.68. The zero-order valence-electron chi connectivity index (χ0n) is 24.8. The number of benzene rings is 1. The Kier molecular flexibility index (Phi) is 7.29. The summed E-state index contributed by atoms with van der Waals surface area (Å²) in [5, 5.41) is 12.4. The lowest BCUT2D eigenvalue weighted by molar-refractivity contribution is -0.179. The molecule has 2 aliphatic carbocycles. The Labute approximate surface area is 243 Å². The predicted octanol–water partition coefficient (Wildman–Crippen LogP) is 2.70. The minimum absolute atomic E-state index is 0.138. The first-order chi connectivity index (χ1) is 19.6. The second-order valence-corrected chi connectivity index (χ2v) is 12.4. The van der Waals surface area contributed by atoms with E-state index in [4.69, 9.17) is 28.4 Å². The van der Waals surface area contributed by atoms with Crippen LogP contribution in [0.4, 0.5) is 4.79 Å². The number of likely N-dealkylation sites (tertiary alicyclic amines) is 1. The topological polar surface area (TPSA) is 147 Å². The molecule has 1 fully saturated rings. The van der Waals surface area contributed by atoms with Crippen molar-refractivity contribution >= 4 is 24.1 Å². The van der Waals surface area contributed by atoms with E-state index in [2.05, 4.69) is 4.90 Å². The normalized spacial score (nSPS) is 28.7. The van der Waals surface area contributed by atoms with Gasteiger partial charge in [-0.15, -0.1) is 0 Å². The molecule has 6 atom stereocenters. The number of ether oxygens (including phenoxy) is 6. The lowest BCUT2D eigenvalue weighted by atomic mass is 9.50. The molecule has 2 aliphatic heterocycles.